The number of nitrogens with two attached hydrogens (primary N) is 1. The summed E-state index contributed by atoms with van der Waals surface area (Å²) >= 11 is 0. The fraction of sp³-hybridized carbons (Fsp3) is 1.00. The molecular weight excluding hydrogens is 200 g/mol. The lowest BCUT2D eigenvalue weighted by atomic mass is 10.1. The molecule has 1 aliphatic heterocycles. The highest BCUT2D eigenvalue weighted by Crippen LogP contribution is 2.26. The van der Waals surface area contributed by atoms with Crippen molar-refractivity contribution in [1.82, 2.24) is 4.90 Å². The van der Waals surface area contributed by atoms with Gasteiger partial charge in [0, 0.05) is 6.54 Å². The molecule has 0 aromatic rings. The van der Waals surface area contributed by atoms with Crippen molar-refractivity contribution in [2.45, 2.75) is 18.8 Å². The summed E-state index contributed by atoms with van der Waals surface area (Å²) in [5.41, 5.74) is 5.36. The van der Waals surface area contributed by atoms with E-state index >= 15 is 0 Å². The maximum Gasteiger partial charge on any atom is 0.319 e. The zero-order valence-electron chi connectivity index (χ0n) is 7.73. The van der Waals surface area contributed by atoms with Crippen LogP contribution in [0, 0.1) is 5.92 Å². The average Bonchev–Trinajstić information content (AvgIpc) is 2.51. The van der Waals surface area contributed by atoms with Crippen molar-refractivity contribution in [2.24, 2.45) is 11.7 Å². The lowest BCUT2D eigenvalue weighted by Gasteiger charge is -2.22. The van der Waals surface area contributed by atoms with Crippen molar-refractivity contribution < 1.29 is 17.6 Å². The molecule has 2 nitrogen and oxygen atoms in total. The summed E-state index contributed by atoms with van der Waals surface area (Å²) in [5.74, 6) is -3.73. The Bertz CT molecular complexity index is 186. The monoisotopic (exact) mass is 214 g/mol. The van der Waals surface area contributed by atoms with Gasteiger partial charge in [-0.15, -0.1) is 0 Å². The Morgan fingerprint density at radius 1 is 1.43 bits per heavy atom. The molecule has 1 aliphatic rings. The first-order valence-electron chi connectivity index (χ1n) is 4.54. The molecule has 0 spiro atoms. The molecule has 1 saturated heterocycles. The lowest BCUT2D eigenvalue weighted by Crippen LogP contribution is -2.40. The van der Waals surface area contributed by atoms with Gasteiger partial charge in [-0.3, -0.25) is 4.90 Å². The predicted molar refractivity (Wildman–Crippen MR) is 44.6 cm³/mol. The maximum atomic E-state index is 12.6. The molecule has 1 fully saturated rings. The fourth-order valence-corrected chi connectivity index (χ4v) is 1.62. The molecule has 1 rings (SSSR count). The molecule has 0 saturated carbocycles. The van der Waals surface area contributed by atoms with Gasteiger partial charge in [0.05, 0.1) is 6.54 Å². The number of nitrogens with zero attached hydrogens (tertiary/aromatic N) is 1. The molecule has 0 bridgehead atoms. The molecule has 0 aliphatic carbocycles. The van der Waals surface area contributed by atoms with Crippen LogP contribution in [0.25, 0.3) is 0 Å². The third-order valence-corrected chi connectivity index (χ3v) is 2.46. The van der Waals surface area contributed by atoms with Gasteiger partial charge in [-0.1, -0.05) is 0 Å². The van der Waals surface area contributed by atoms with Gasteiger partial charge in [0.1, 0.15) is 0 Å². The van der Waals surface area contributed by atoms with E-state index in [1.165, 1.54) is 4.90 Å². The van der Waals surface area contributed by atoms with E-state index in [9.17, 15) is 17.6 Å². The number of likely N-dealkylation sites (tertiary alicyclic amines) is 1. The van der Waals surface area contributed by atoms with Gasteiger partial charge in [-0.05, 0) is 25.4 Å². The van der Waals surface area contributed by atoms with Crippen molar-refractivity contribution in [1.29, 1.82) is 0 Å². The van der Waals surface area contributed by atoms with Crippen molar-refractivity contribution >= 4 is 0 Å². The topological polar surface area (TPSA) is 29.3 Å². The molecule has 1 heterocycles. The predicted octanol–water partition coefficient (Wildman–Crippen LogP) is 1.17. The van der Waals surface area contributed by atoms with Crippen LogP contribution in [0.15, 0.2) is 0 Å². The van der Waals surface area contributed by atoms with Crippen molar-refractivity contribution in [3.8, 4) is 0 Å². The normalized spacial score (nSPS) is 24.9. The van der Waals surface area contributed by atoms with Crippen LogP contribution in [-0.4, -0.2) is 43.4 Å². The van der Waals surface area contributed by atoms with Crippen molar-refractivity contribution in [3.63, 3.8) is 0 Å². The van der Waals surface area contributed by atoms with Gasteiger partial charge in [0.2, 0.25) is 0 Å². The van der Waals surface area contributed by atoms with Crippen LogP contribution in [-0.2, 0) is 0 Å². The highest BCUT2D eigenvalue weighted by Gasteiger charge is 2.43. The highest BCUT2D eigenvalue weighted by atomic mass is 19.3. The summed E-state index contributed by atoms with van der Waals surface area (Å²) < 4.78 is 48.9. The fourth-order valence-electron chi connectivity index (χ4n) is 1.62. The second-order valence-corrected chi connectivity index (χ2v) is 3.69. The van der Waals surface area contributed by atoms with Gasteiger partial charge >= 0.3 is 12.3 Å². The van der Waals surface area contributed by atoms with E-state index in [-0.39, 0.29) is 5.92 Å². The number of hydrogen-bond acceptors (Lipinski definition) is 2. The number of alkyl halides is 4. The molecule has 84 valence electrons. The van der Waals surface area contributed by atoms with Crippen LogP contribution in [0.2, 0.25) is 0 Å². The minimum atomic E-state index is -3.90. The molecule has 1 unspecified atom stereocenters. The largest absolute Gasteiger partial charge is 0.330 e. The Balaban J connectivity index is 2.39. The second kappa shape index (κ2) is 4.44. The Morgan fingerprint density at radius 3 is 2.50 bits per heavy atom. The first kappa shape index (κ1) is 11.7. The third-order valence-electron chi connectivity index (χ3n) is 2.46. The van der Waals surface area contributed by atoms with Crippen LogP contribution in [0.4, 0.5) is 17.6 Å². The molecule has 1 atom stereocenters. The molecular formula is C8H14F4N2. The second-order valence-electron chi connectivity index (χ2n) is 3.69. The van der Waals surface area contributed by atoms with E-state index in [4.69, 9.17) is 5.73 Å². The SMILES string of the molecule is NCC1CCN(CC(F)(F)C(F)F)C1. The average molecular weight is 214 g/mol. The van der Waals surface area contributed by atoms with E-state index in [0.29, 0.717) is 19.6 Å². The summed E-state index contributed by atoms with van der Waals surface area (Å²) in [4.78, 5) is 1.35. The summed E-state index contributed by atoms with van der Waals surface area (Å²) in [6, 6.07) is 0. The van der Waals surface area contributed by atoms with Gasteiger partial charge in [0.25, 0.3) is 0 Å². The summed E-state index contributed by atoms with van der Waals surface area (Å²) in [6.45, 7) is 0.404. The molecule has 2 N–H and O–H groups in total. The Labute approximate surface area is 80.0 Å². The summed E-state index contributed by atoms with van der Waals surface area (Å²) in [6.07, 6.45) is -2.87. The lowest BCUT2D eigenvalue weighted by molar-refractivity contribution is -0.140. The minimum absolute atomic E-state index is 0.170. The van der Waals surface area contributed by atoms with E-state index in [1.807, 2.05) is 0 Å². The minimum Gasteiger partial charge on any atom is -0.330 e. The number of halogens is 4. The van der Waals surface area contributed by atoms with Gasteiger partial charge < -0.3 is 5.73 Å². The third kappa shape index (κ3) is 2.81. The van der Waals surface area contributed by atoms with E-state index < -0.39 is 18.9 Å². The molecule has 0 aromatic carbocycles. The van der Waals surface area contributed by atoms with Crippen LogP contribution in [0.3, 0.4) is 0 Å². The Hall–Kier alpha value is -0.360. The van der Waals surface area contributed by atoms with Crippen LogP contribution >= 0.6 is 0 Å². The van der Waals surface area contributed by atoms with Crippen LogP contribution < -0.4 is 5.73 Å². The number of hydrogen-bond donors (Lipinski definition) is 1. The highest BCUT2D eigenvalue weighted by molar-refractivity contribution is 4.81. The molecule has 0 radical (unpaired) electrons. The summed E-state index contributed by atoms with van der Waals surface area (Å²) in [7, 11) is 0. The molecule has 14 heavy (non-hydrogen) atoms. The van der Waals surface area contributed by atoms with E-state index in [0.717, 1.165) is 6.42 Å². The Kier molecular flexibility index (Phi) is 3.71. The van der Waals surface area contributed by atoms with Crippen molar-refractivity contribution in [3.05, 3.63) is 0 Å². The zero-order chi connectivity index (χ0) is 10.8. The van der Waals surface area contributed by atoms with E-state index in [2.05, 4.69) is 0 Å². The maximum absolute atomic E-state index is 12.6. The standard InChI is InChI=1S/C8H14F4N2/c9-7(10)8(11,12)5-14-2-1-6(3-13)4-14/h6-7H,1-5,13H2. The smallest absolute Gasteiger partial charge is 0.319 e. The first-order chi connectivity index (χ1) is 6.45. The zero-order valence-corrected chi connectivity index (χ0v) is 7.73. The molecule has 0 aromatic heterocycles. The number of rotatable bonds is 4. The molecule has 0 amide bonds. The van der Waals surface area contributed by atoms with Gasteiger partial charge in [0.15, 0.2) is 0 Å². The quantitative estimate of drug-likeness (QED) is 0.712. The van der Waals surface area contributed by atoms with Gasteiger partial charge in [-0.2, -0.15) is 8.78 Å². The summed E-state index contributed by atoms with van der Waals surface area (Å²) in [5, 5.41) is 0. The van der Waals surface area contributed by atoms with Crippen LogP contribution in [0.1, 0.15) is 6.42 Å². The van der Waals surface area contributed by atoms with Gasteiger partial charge in [-0.25, -0.2) is 8.78 Å². The van der Waals surface area contributed by atoms with E-state index in [1.54, 1.807) is 0 Å². The van der Waals surface area contributed by atoms with Crippen molar-refractivity contribution in [2.75, 3.05) is 26.2 Å². The Morgan fingerprint density at radius 2 is 2.07 bits per heavy atom. The first-order valence-corrected chi connectivity index (χ1v) is 4.54. The molecule has 6 heteroatoms. The van der Waals surface area contributed by atoms with Crippen LogP contribution in [0.5, 0.6) is 0 Å².